The van der Waals surface area contributed by atoms with Crippen molar-refractivity contribution in [3.8, 4) is 10.6 Å². The molecule has 0 aliphatic rings. The number of rotatable bonds is 6. The highest BCUT2D eigenvalue weighted by molar-refractivity contribution is 7.15. The fourth-order valence-corrected chi connectivity index (χ4v) is 3.32. The summed E-state index contributed by atoms with van der Waals surface area (Å²) in [4.78, 5) is 28.4. The fraction of sp³-hybridized carbons (Fsp3) is 0.353. The van der Waals surface area contributed by atoms with E-state index in [2.05, 4.69) is 15.6 Å². The van der Waals surface area contributed by atoms with Crippen molar-refractivity contribution in [3.05, 3.63) is 40.7 Å². The summed E-state index contributed by atoms with van der Waals surface area (Å²) in [5.41, 5.74) is 1.20. The molecule has 1 aromatic carbocycles. The number of hydrogen-bond donors (Lipinski definition) is 2. The maximum absolute atomic E-state index is 13.9. The average molecular weight is 349 g/mol. The third-order valence-electron chi connectivity index (χ3n) is 3.47. The van der Waals surface area contributed by atoms with E-state index in [9.17, 15) is 14.0 Å². The van der Waals surface area contributed by atoms with Gasteiger partial charge in [-0.3, -0.25) is 9.59 Å². The summed E-state index contributed by atoms with van der Waals surface area (Å²) < 4.78 is 13.9. The lowest BCUT2D eigenvalue weighted by atomic mass is 10.2. The second-order valence-corrected chi connectivity index (χ2v) is 6.40. The first kappa shape index (κ1) is 18.1. The number of carbonyl (C=O) groups excluding carboxylic acids is 2. The summed E-state index contributed by atoms with van der Waals surface area (Å²) in [6, 6.07) is 6.20. The normalized spacial score (nSPS) is 11.8. The standard InChI is InChI=1S/C17H20FN3O2S/c1-4-14(22)19-9-15(23)20-10(2)16-11(3)21-17(24-16)12-7-5-6-8-13(12)18/h5-8,10H,4,9H2,1-3H3,(H,19,22)(H,20,23)/t10-/m1/s1. The van der Waals surface area contributed by atoms with Crippen LogP contribution in [0.15, 0.2) is 24.3 Å². The molecule has 1 heterocycles. The molecule has 1 atom stereocenters. The maximum Gasteiger partial charge on any atom is 0.239 e. The smallest absolute Gasteiger partial charge is 0.239 e. The number of carbonyl (C=O) groups is 2. The Balaban J connectivity index is 2.08. The van der Waals surface area contributed by atoms with Gasteiger partial charge in [0.1, 0.15) is 10.8 Å². The topological polar surface area (TPSA) is 71.1 Å². The average Bonchev–Trinajstić information content (AvgIpc) is 2.94. The van der Waals surface area contributed by atoms with Gasteiger partial charge in [0.25, 0.3) is 0 Å². The molecular formula is C17H20FN3O2S. The lowest BCUT2D eigenvalue weighted by molar-refractivity contribution is -0.126. The molecule has 0 aliphatic carbocycles. The zero-order chi connectivity index (χ0) is 17.7. The fourth-order valence-electron chi connectivity index (χ4n) is 2.22. The van der Waals surface area contributed by atoms with Gasteiger partial charge in [0, 0.05) is 12.0 Å². The molecule has 7 heteroatoms. The number of hydrogen-bond acceptors (Lipinski definition) is 4. The van der Waals surface area contributed by atoms with Crippen molar-refractivity contribution < 1.29 is 14.0 Å². The van der Waals surface area contributed by atoms with Crippen LogP contribution in [0.3, 0.4) is 0 Å². The number of benzene rings is 1. The molecule has 0 radical (unpaired) electrons. The number of aromatic nitrogens is 1. The first-order valence-electron chi connectivity index (χ1n) is 7.70. The second-order valence-electron chi connectivity index (χ2n) is 5.37. The van der Waals surface area contributed by atoms with Gasteiger partial charge in [-0.15, -0.1) is 11.3 Å². The molecule has 0 aliphatic heterocycles. The Morgan fingerprint density at radius 3 is 2.67 bits per heavy atom. The van der Waals surface area contributed by atoms with Gasteiger partial charge in [-0.05, 0) is 26.0 Å². The molecule has 24 heavy (non-hydrogen) atoms. The Labute approximate surface area is 144 Å². The van der Waals surface area contributed by atoms with Gasteiger partial charge in [-0.25, -0.2) is 9.37 Å². The van der Waals surface area contributed by atoms with E-state index in [1.807, 2.05) is 13.8 Å². The van der Waals surface area contributed by atoms with Crippen LogP contribution in [0.1, 0.15) is 36.9 Å². The highest BCUT2D eigenvalue weighted by Gasteiger charge is 2.18. The monoisotopic (exact) mass is 349 g/mol. The van der Waals surface area contributed by atoms with Gasteiger partial charge in [-0.1, -0.05) is 19.1 Å². The van der Waals surface area contributed by atoms with E-state index in [1.165, 1.54) is 17.4 Å². The molecule has 2 amide bonds. The number of nitrogens with one attached hydrogen (secondary N) is 2. The van der Waals surface area contributed by atoms with Crippen LogP contribution in [-0.2, 0) is 9.59 Å². The molecule has 0 spiro atoms. The Hall–Kier alpha value is -2.28. The molecule has 2 rings (SSSR count). The van der Waals surface area contributed by atoms with Crippen molar-refractivity contribution >= 4 is 23.2 Å². The maximum atomic E-state index is 13.9. The van der Waals surface area contributed by atoms with Crippen molar-refractivity contribution in [2.24, 2.45) is 0 Å². The molecule has 0 saturated heterocycles. The second kappa shape index (κ2) is 8.01. The van der Waals surface area contributed by atoms with E-state index in [4.69, 9.17) is 0 Å². The molecule has 0 saturated carbocycles. The number of nitrogens with zero attached hydrogens (tertiary/aromatic N) is 1. The van der Waals surface area contributed by atoms with Crippen LogP contribution in [0.25, 0.3) is 10.6 Å². The lowest BCUT2D eigenvalue weighted by Gasteiger charge is -2.13. The largest absolute Gasteiger partial charge is 0.347 e. The van der Waals surface area contributed by atoms with Gasteiger partial charge >= 0.3 is 0 Å². The van der Waals surface area contributed by atoms with Crippen molar-refractivity contribution in [1.29, 1.82) is 0 Å². The van der Waals surface area contributed by atoms with E-state index in [-0.39, 0.29) is 30.2 Å². The summed E-state index contributed by atoms with van der Waals surface area (Å²) in [6.45, 7) is 5.33. The van der Waals surface area contributed by atoms with Crippen LogP contribution in [0, 0.1) is 12.7 Å². The van der Waals surface area contributed by atoms with E-state index in [1.54, 1.807) is 25.1 Å². The zero-order valence-corrected chi connectivity index (χ0v) is 14.7. The molecule has 2 aromatic rings. The summed E-state index contributed by atoms with van der Waals surface area (Å²) >= 11 is 1.35. The summed E-state index contributed by atoms with van der Waals surface area (Å²) in [5.74, 6) is -0.769. The Kier molecular flexibility index (Phi) is 6.03. The molecule has 0 unspecified atom stereocenters. The molecule has 128 valence electrons. The van der Waals surface area contributed by atoms with Crippen LogP contribution in [0.5, 0.6) is 0 Å². The lowest BCUT2D eigenvalue weighted by Crippen LogP contribution is -2.37. The minimum Gasteiger partial charge on any atom is -0.347 e. The van der Waals surface area contributed by atoms with Gasteiger partial charge in [0.2, 0.25) is 11.8 Å². The van der Waals surface area contributed by atoms with Gasteiger partial charge in [-0.2, -0.15) is 0 Å². The molecule has 0 bridgehead atoms. The SMILES string of the molecule is CCC(=O)NCC(=O)N[C@H](C)c1sc(-c2ccccc2F)nc1C. The van der Waals surface area contributed by atoms with Crippen molar-refractivity contribution in [2.45, 2.75) is 33.2 Å². The van der Waals surface area contributed by atoms with Gasteiger partial charge in [0.05, 0.1) is 23.2 Å². The number of aryl methyl sites for hydroxylation is 1. The number of amides is 2. The molecule has 2 N–H and O–H groups in total. The summed E-state index contributed by atoms with van der Waals surface area (Å²) in [6.07, 6.45) is 0.336. The van der Waals surface area contributed by atoms with E-state index >= 15 is 0 Å². The van der Waals surface area contributed by atoms with Crippen LogP contribution >= 0.6 is 11.3 Å². The third-order valence-corrected chi connectivity index (χ3v) is 4.85. The summed E-state index contributed by atoms with van der Waals surface area (Å²) in [7, 11) is 0. The third kappa shape index (κ3) is 4.38. The predicted molar refractivity (Wildman–Crippen MR) is 92.1 cm³/mol. The molecule has 0 fully saturated rings. The van der Waals surface area contributed by atoms with Crippen LogP contribution < -0.4 is 10.6 Å². The van der Waals surface area contributed by atoms with Crippen molar-refractivity contribution in [2.75, 3.05) is 6.54 Å². The summed E-state index contributed by atoms with van der Waals surface area (Å²) in [5, 5.41) is 5.93. The van der Waals surface area contributed by atoms with Crippen LogP contribution in [0.2, 0.25) is 0 Å². The van der Waals surface area contributed by atoms with Crippen LogP contribution in [0.4, 0.5) is 4.39 Å². The zero-order valence-electron chi connectivity index (χ0n) is 13.9. The van der Waals surface area contributed by atoms with E-state index < -0.39 is 0 Å². The Bertz CT molecular complexity index is 745. The Morgan fingerprint density at radius 1 is 1.29 bits per heavy atom. The molecular weight excluding hydrogens is 329 g/mol. The number of halogens is 1. The van der Waals surface area contributed by atoms with E-state index in [0.717, 1.165) is 10.6 Å². The van der Waals surface area contributed by atoms with Crippen molar-refractivity contribution in [3.63, 3.8) is 0 Å². The van der Waals surface area contributed by atoms with Gasteiger partial charge in [0.15, 0.2) is 0 Å². The first-order valence-corrected chi connectivity index (χ1v) is 8.52. The van der Waals surface area contributed by atoms with Crippen molar-refractivity contribution in [1.82, 2.24) is 15.6 Å². The minimum atomic E-state index is -0.322. The van der Waals surface area contributed by atoms with Crippen LogP contribution in [-0.4, -0.2) is 23.3 Å². The predicted octanol–water partition coefficient (Wildman–Crippen LogP) is 2.96. The first-order chi connectivity index (χ1) is 11.4. The van der Waals surface area contributed by atoms with E-state index in [0.29, 0.717) is 17.0 Å². The highest BCUT2D eigenvalue weighted by Crippen LogP contribution is 2.32. The highest BCUT2D eigenvalue weighted by atomic mass is 32.1. The minimum absolute atomic E-state index is 0.0605. The number of thiazole rings is 1. The molecule has 5 nitrogen and oxygen atoms in total. The molecule has 1 aromatic heterocycles. The quantitative estimate of drug-likeness (QED) is 0.842. The Morgan fingerprint density at radius 2 is 2.00 bits per heavy atom. The van der Waals surface area contributed by atoms with Gasteiger partial charge < -0.3 is 10.6 Å².